The third kappa shape index (κ3) is 3.46. The molecule has 4 aliphatic carbocycles. The molecule has 0 bridgehead atoms. The molecule has 1 N–H and O–H groups in total. The quantitative estimate of drug-likeness (QED) is 0.689. The lowest BCUT2D eigenvalue weighted by Crippen LogP contribution is -2.62. The van der Waals surface area contributed by atoms with Gasteiger partial charge in [-0.25, -0.2) is 0 Å². The highest BCUT2D eigenvalue weighted by molar-refractivity contribution is 5.79. The number of aliphatic hydroxyl groups is 1. The van der Waals surface area contributed by atoms with Crippen LogP contribution in [0.3, 0.4) is 0 Å². The number of nitrogens with zero attached hydrogens (tertiary/aromatic N) is 1. The Labute approximate surface area is 189 Å². The van der Waals surface area contributed by atoms with Gasteiger partial charge in [-0.05, 0) is 107 Å². The molecule has 5 fully saturated rings. The van der Waals surface area contributed by atoms with Crippen molar-refractivity contribution < 1.29 is 14.6 Å². The number of hydrogen-bond acceptors (Lipinski definition) is 4. The Kier molecular flexibility index (Phi) is 5.43. The van der Waals surface area contributed by atoms with Gasteiger partial charge in [0.05, 0.1) is 18.3 Å². The van der Waals surface area contributed by atoms with Crippen molar-refractivity contribution in [3.8, 4) is 0 Å². The van der Waals surface area contributed by atoms with Crippen LogP contribution in [0.2, 0.25) is 0 Å². The second-order valence-electron chi connectivity index (χ2n) is 13.1. The molecule has 9 atom stereocenters. The van der Waals surface area contributed by atoms with Gasteiger partial charge >= 0.3 is 0 Å². The fourth-order valence-corrected chi connectivity index (χ4v) is 9.65. The minimum absolute atomic E-state index is 0.122. The Hall–Kier alpha value is -0.450. The smallest absolute Gasteiger partial charge is 0.133 e. The number of hydrogen-bond donors (Lipinski definition) is 1. The van der Waals surface area contributed by atoms with Gasteiger partial charge in [0.15, 0.2) is 0 Å². The Morgan fingerprint density at radius 2 is 1.74 bits per heavy atom. The highest BCUT2D eigenvalue weighted by Gasteiger charge is 2.62. The molecule has 4 heteroatoms. The van der Waals surface area contributed by atoms with Crippen molar-refractivity contribution >= 4 is 5.78 Å². The van der Waals surface area contributed by atoms with Gasteiger partial charge in [0.25, 0.3) is 0 Å². The van der Waals surface area contributed by atoms with Crippen LogP contribution >= 0.6 is 0 Å². The second-order valence-corrected chi connectivity index (χ2v) is 13.1. The predicted molar refractivity (Wildman–Crippen MR) is 123 cm³/mol. The van der Waals surface area contributed by atoms with Crippen LogP contribution in [0.4, 0.5) is 0 Å². The summed E-state index contributed by atoms with van der Waals surface area (Å²) in [5.74, 6) is 3.65. The summed E-state index contributed by atoms with van der Waals surface area (Å²) in [5, 5.41) is 11.2. The van der Waals surface area contributed by atoms with E-state index in [0.717, 1.165) is 56.7 Å². The normalized spacial score (nSPS) is 52.1. The maximum Gasteiger partial charge on any atom is 0.133 e. The summed E-state index contributed by atoms with van der Waals surface area (Å²) in [6.45, 7) is 13.9. The lowest BCUT2D eigenvalue weighted by atomic mass is 9.44. The molecule has 1 aliphatic heterocycles. The molecule has 0 unspecified atom stereocenters. The third-order valence-electron chi connectivity index (χ3n) is 11.1. The molecule has 0 aromatic rings. The second kappa shape index (κ2) is 7.53. The van der Waals surface area contributed by atoms with Crippen molar-refractivity contribution in [3.05, 3.63) is 0 Å². The monoisotopic (exact) mass is 431 g/mol. The number of morpholine rings is 1. The predicted octanol–water partition coefficient (Wildman–Crippen LogP) is 4.68. The van der Waals surface area contributed by atoms with Gasteiger partial charge in [-0.15, -0.1) is 0 Å². The van der Waals surface area contributed by atoms with Gasteiger partial charge in [-0.1, -0.05) is 13.8 Å². The largest absolute Gasteiger partial charge is 0.391 e. The minimum atomic E-state index is -0.203. The van der Waals surface area contributed by atoms with E-state index in [0.29, 0.717) is 23.0 Å². The molecular formula is C27H45NO3. The van der Waals surface area contributed by atoms with Gasteiger partial charge in [-0.2, -0.15) is 0 Å². The topological polar surface area (TPSA) is 49.8 Å². The van der Waals surface area contributed by atoms with Crippen molar-refractivity contribution in [2.75, 3.05) is 19.7 Å². The first-order valence-corrected chi connectivity index (χ1v) is 13.1. The minimum Gasteiger partial charge on any atom is -0.391 e. The fourth-order valence-electron chi connectivity index (χ4n) is 9.65. The SMILES string of the molecule is CC(=O)[C@H]1CC[C@H]2[C@@H]3CC[C@H]4C[C@H](O)[C@@H](N5CCOC(C)(C)C5)C[C@]4(C)[C@H]3CC[C@]12C. The molecule has 31 heavy (non-hydrogen) atoms. The zero-order valence-corrected chi connectivity index (χ0v) is 20.5. The molecule has 4 saturated carbocycles. The number of ether oxygens (including phenoxy) is 1. The van der Waals surface area contributed by atoms with Crippen LogP contribution in [0.15, 0.2) is 0 Å². The van der Waals surface area contributed by atoms with Crippen LogP contribution in [-0.2, 0) is 9.53 Å². The molecular weight excluding hydrogens is 386 g/mol. The van der Waals surface area contributed by atoms with E-state index in [1.807, 2.05) is 6.92 Å². The summed E-state index contributed by atoms with van der Waals surface area (Å²) >= 11 is 0. The summed E-state index contributed by atoms with van der Waals surface area (Å²) in [4.78, 5) is 15.0. The molecule has 0 amide bonds. The fraction of sp³-hybridized carbons (Fsp3) is 0.963. The molecule has 0 spiro atoms. The molecule has 4 nitrogen and oxygen atoms in total. The van der Waals surface area contributed by atoms with Crippen LogP contribution in [0.5, 0.6) is 0 Å². The lowest BCUT2D eigenvalue weighted by molar-refractivity contribution is -0.169. The van der Waals surface area contributed by atoms with E-state index in [4.69, 9.17) is 4.74 Å². The zero-order chi connectivity index (χ0) is 22.2. The van der Waals surface area contributed by atoms with E-state index in [1.165, 1.54) is 32.1 Å². The lowest BCUT2D eigenvalue weighted by Gasteiger charge is -2.63. The van der Waals surface area contributed by atoms with Crippen molar-refractivity contribution in [2.24, 2.45) is 40.4 Å². The summed E-state index contributed by atoms with van der Waals surface area (Å²) in [6.07, 6.45) is 9.37. The molecule has 1 saturated heterocycles. The van der Waals surface area contributed by atoms with E-state index < -0.39 is 0 Å². The molecule has 0 aromatic carbocycles. The summed E-state index contributed by atoms with van der Waals surface area (Å²) in [6, 6.07) is 0.269. The van der Waals surface area contributed by atoms with Gasteiger partial charge < -0.3 is 9.84 Å². The Bertz CT molecular complexity index is 721. The number of fused-ring (bicyclic) bond motifs is 5. The number of aliphatic hydroxyl groups excluding tert-OH is 1. The number of carbonyl (C=O) groups is 1. The highest BCUT2D eigenvalue weighted by Crippen LogP contribution is 2.67. The van der Waals surface area contributed by atoms with Crippen LogP contribution in [0.25, 0.3) is 0 Å². The first kappa shape index (κ1) is 22.3. The summed E-state index contributed by atoms with van der Waals surface area (Å²) in [7, 11) is 0. The van der Waals surface area contributed by atoms with Gasteiger partial charge in [0, 0.05) is 25.0 Å². The Morgan fingerprint density at radius 1 is 1.00 bits per heavy atom. The van der Waals surface area contributed by atoms with Crippen LogP contribution in [0.1, 0.15) is 86.0 Å². The zero-order valence-electron chi connectivity index (χ0n) is 20.5. The van der Waals surface area contributed by atoms with Crippen molar-refractivity contribution in [2.45, 2.75) is 104 Å². The average Bonchev–Trinajstić information content (AvgIpc) is 3.05. The number of ketones is 1. The van der Waals surface area contributed by atoms with Crippen molar-refractivity contribution in [1.82, 2.24) is 4.90 Å². The maximum absolute atomic E-state index is 12.4. The summed E-state index contributed by atoms with van der Waals surface area (Å²) < 4.78 is 5.98. The molecule has 5 rings (SSSR count). The highest BCUT2D eigenvalue weighted by atomic mass is 16.5. The van der Waals surface area contributed by atoms with E-state index in [2.05, 4.69) is 32.6 Å². The van der Waals surface area contributed by atoms with E-state index in [9.17, 15) is 9.90 Å². The van der Waals surface area contributed by atoms with Crippen LogP contribution in [0, 0.1) is 40.4 Å². The molecule has 1 heterocycles. The van der Waals surface area contributed by atoms with E-state index >= 15 is 0 Å². The molecule has 5 aliphatic rings. The third-order valence-corrected chi connectivity index (χ3v) is 11.1. The van der Waals surface area contributed by atoms with Gasteiger partial charge in [0.2, 0.25) is 0 Å². The number of rotatable bonds is 2. The van der Waals surface area contributed by atoms with E-state index in [1.54, 1.807) is 0 Å². The Balaban J connectivity index is 1.39. The standard InChI is InChI=1S/C27H45NO3/c1-17(29)20-8-9-21-19-7-6-18-14-24(30)23(28-12-13-31-25(2,3)16-28)15-27(18,5)22(19)10-11-26(20,21)4/h18-24,30H,6-16H2,1-5H3/t18-,19-,20+,21-,22-,23-,24-,26+,27-/m0/s1. The number of carbonyl (C=O) groups excluding carboxylic acids is 1. The van der Waals surface area contributed by atoms with Crippen LogP contribution < -0.4 is 0 Å². The molecule has 0 aromatic heterocycles. The average molecular weight is 432 g/mol. The molecule has 176 valence electrons. The number of Topliss-reactive ketones (excluding diaryl/α,β-unsaturated/α-hetero) is 1. The Morgan fingerprint density at radius 3 is 2.45 bits per heavy atom. The van der Waals surface area contributed by atoms with Crippen molar-refractivity contribution in [3.63, 3.8) is 0 Å². The first-order valence-electron chi connectivity index (χ1n) is 13.1. The first-order chi connectivity index (χ1) is 14.6. The summed E-state index contributed by atoms with van der Waals surface area (Å²) in [5.41, 5.74) is 0.436. The maximum atomic E-state index is 12.4. The van der Waals surface area contributed by atoms with Crippen LogP contribution in [-0.4, -0.2) is 53.2 Å². The van der Waals surface area contributed by atoms with Gasteiger partial charge in [0.1, 0.15) is 5.78 Å². The molecule has 0 radical (unpaired) electrons. The van der Waals surface area contributed by atoms with Gasteiger partial charge in [-0.3, -0.25) is 9.69 Å². The van der Waals surface area contributed by atoms with Crippen molar-refractivity contribution in [1.29, 1.82) is 0 Å². The van der Waals surface area contributed by atoms with E-state index in [-0.39, 0.29) is 23.2 Å².